The zero-order valence-electron chi connectivity index (χ0n) is 11.2. The molecule has 2 rings (SSSR count). The summed E-state index contributed by atoms with van der Waals surface area (Å²) < 4.78 is 0. The van der Waals surface area contributed by atoms with Crippen molar-refractivity contribution in [3.63, 3.8) is 0 Å². The van der Waals surface area contributed by atoms with Gasteiger partial charge in [0.2, 0.25) is 0 Å². The molecule has 4 heteroatoms. The summed E-state index contributed by atoms with van der Waals surface area (Å²) in [6.45, 7) is 0.675. The van der Waals surface area contributed by atoms with Crippen molar-refractivity contribution in [2.45, 2.75) is 12.1 Å². The molecule has 108 valence electrons. The lowest BCUT2D eigenvalue weighted by Crippen LogP contribution is -3.00. The minimum absolute atomic E-state index is 0. The second-order valence-electron chi connectivity index (χ2n) is 4.54. The van der Waals surface area contributed by atoms with Crippen LogP contribution in [0, 0.1) is 0 Å². The van der Waals surface area contributed by atoms with E-state index in [0.29, 0.717) is 6.54 Å². The van der Waals surface area contributed by atoms with E-state index in [-0.39, 0.29) is 25.1 Å². The minimum Gasteiger partial charge on any atom is -1.00 e. The van der Waals surface area contributed by atoms with E-state index in [2.05, 4.69) is 0 Å². The first-order chi connectivity index (χ1) is 9.33. The summed E-state index contributed by atoms with van der Waals surface area (Å²) in [4.78, 5) is 0. The Balaban J connectivity index is 0.00000200. The number of halogens is 1. The Morgan fingerprint density at radius 3 is 1.85 bits per heavy atom. The van der Waals surface area contributed by atoms with Gasteiger partial charge in [-0.15, -0.1) is 0 Å². The van der Waals surface area contributed by atoms with Crippen LogP contribution in [0.4, 0.5) is 0 Å². The molecule has 0 saturated heterocycles. The van der Waals surface area contributed by atoms with E-state index in [1.807, 2.05) is 66.0 Å². The van der Waals surface area contributed by atoms with Crippen LogP contribution in [0.15, 0.2) is 60.7 Å². The summed E-state index contributed by atoms with van der Waals surface area (Å²) in [5.74, 6) is 0. The van der Waals surface area contributed by atoms with Crippen molar-refractivity contribution >= 4 is 0 Å². The molecule has 0 radical (unpaired) electrons. The summed E-state index contributed by atoms with van der Waals surface area (Å²) in [6.07, 6.45) is -0.588. The molecule has 0 heterocycles. The van der Waals surface area contributed by atoms with Gasteiger partial charge < -0.3 is 27.9 Å². The molecular weight excluding hydrogens is 274 g/mol. The van der Waals surface area contributed by atoms with Gasteiger partial charge in [0, 0.05) is 5.56 Å². The van der Waals surface area contributed by atoms with E-state index in [4.69, 9.17) is 5.11 Å². The molecule has 3 nitrogen and oxygen atoms in total. The third kappa shape index (κ3) is 4.32. The fraction of sp³-hybridized carbons (Fsp3) is 0.250. The van der Waals surface area contributed by atoms with Crippen LogP contribution >= 0.6 is 0 Å². The normalized spacial score (nSPS) is 13.3. The Labute approximate surface area is 125 Å². The smallest absolute Gasteiger partial charge is 0.142 e. The highest BCUT2D eigenvalue weighted by atomic mass is 35.5. The number of aliphatic hydroxyl groups excluding tert-OH is 2. The molecule has 0 saturated carbocycles. The lowest BCUT2D eigenvalue weighted by molar-refractivity contribution is -0.705. The minimum atomic E-state index is -0.588. The first-order valence-corrected chi connectivity index (χ1v) is 6.55. The van der Waals surface area contributed by atoms with Crippen molar-refractivity contribution < 1.29 is 27.9 Å². The number of aliphatic hydroxyl groups is 2. The van der Waals surface area contributed by atoms with Crippen LogP contribution in [0.2, 0.25) is 0 Å². The molecular formula is C16H20ClNO2. The van der Waals surface area contributed by atoms with E-state index in [0.717, 1.165) is 11.1 Å². The maximum atomic E-state index is 10.5. The molecule has 0 fully saturated rings. The van der Waals surface area contributed by atoms with Gasteiger partial charge in [0.25, 0.3) is 0 Å². The van der Waals surface area contributed by atoms with Gasteiger partial charge >= 0.3 is 0 Å². The highest BCUT2D eigenvalue weighted by Crippen LogP contribution is 2.25. The van der Waals surface area contributed by atoms with Gasteiger partial charge in [-0.25, -0.2) is 0 Å². The van der Waals surface area contributed by atoms with Gasteiger partial charge in [0.15, 0.2) is 0 Å². The molecule has 20 heavy (non-hydrogen) atoms. The number of nitrogens with two attached hydrogens (primary N) is 1. The fourth-order valence-electron chi connectivity index (χ4n) is 2.23. The molecule has 0 aliphatic rings. The van der Waals surface area contributed by atoms with Crippen LogP contribution in [0.25, 0.3) is 0 Å². The van der Waals surface area contributed by atoms with Crippen LogP contribution in [0.5, 0.6) is 0 Å². The maximum Gasteiger partial charge on any atom is 0.142 e. The highest BCUT2D eigenvalue weighted by Gasteiger charge is 2.25. The third-order valence-electron chi connectivity index (χ3n) is 3.22. The molecule has 0 spiro atoms. The van der Waals surface area contributed by atoms with Crippen LogP contribution in [0.1, 0.15) is 23.3 Å². The Bertz CT molecular complexity index is 478. The summed E-state index contributed by atoms with van der Waals surface area (Å²) >= 11 is 0. The van der Waals surface area contributed by atoms with Crippen molar-refractivity contribution in [3.8, 4) is 0 Å². The fourth-order valence-corrected chi connectivity index (χ4v) is 2.23. The zero-order valence-corrected chi connectivity index (χ0v) is 11.9. The Hall–Kier alpha value is -1.39. The second kappa shape index (κ2) is 8.72. The zero-order chi connectivity index (χ0) is 13.5. The Kier molecular flexibility index (Phi) is 7.26. The van der Waals surface area contributed by atoms with Gasteiger partial charge in [0.1, 0.15) is 12.1 Å². The van der Waals surface area contributed by atoms with Crippen molar-refractivity contribution in [1.29, 1.82) is 0 Å². The molecule has 4 N–H and O–H groups in total. The molecule has 0 aliphatic carbocycles. The molecule has 0 aliphatic heterocycles. The largest absolute Gasteiger partial charge is 1.00 e. The van der Waals surface area contributed by atoms with Gasteiger partial charge in [-0.05, 0) is 5.56 Å². The number of hydrogen-bond donors (Lipinski definition) is 3. The average molecular weight is 294 g/mol. The van der Waals surface area contributed by atoms with E-state index in [1.54, 1.807) is 0 Å². The predicted octanol–water partition coefficient (Wildman–Crippen LogP) is -1.98. The molecule has 2 aromatic rings. The van der Waals surface area contributed by atoms with Crippen molar-refractivity contribution in [2.24, 2.45) is 0 Å². The summed E-state index contributed by atoms with van der Waals surface area (Å²) in [5, 5.41) is 21.5. The van der Waals surface area contributed by atoms with E-state index >= 15 is 0 Å². The van der Waals surface area contributed by atoms with Gasteiger partial charge in [-0.1, -0.05) is 60.7 Å². The number of benzene rings is 2. The molecule has 2 aromatic carbocycles. The van der Waals surface area contributed by atoms with Crippen LogP contribution in [0.3, 0.4) is 0 Å². The van der Waals surface area contributed by atoms with Gasteiger partial charge in [-0.2, -0.15) is 0 Å². The number of quaternary nitrogens is 1. The topological polar surface area (TPSA) is 57.1 Å². The van der Waals surface area contributed by atoms with E-state index in [1.165, 1.54) is 0 Å². The number of rotatable bonds is 6. The Morgan fingerprint density at radius 2 is 1.35 bits per heavy atom. The van der Waals surface area contributed by atoms with Crippen molar-refractivity contribution in [1.82, 2.24) is 0 Å². The van der Waals surface area contributed by atoms with E-state index < -0.39 is 6.10 Å². The quantitative estimate of drug-likeness (QED) is 0.578. The van der Waals surface area contributed by atoms with Crippen LogP contribution in [-0.4, -0.2) is 23.4 Å². The molecule has 2 atom stereocenters. The van der Waals surface area contributed by atoms with Crippen molar-refractivity contribution in [2.75, 3.05) is 13.2 Å². The average Bonchev–Trinajstić information content (AvgIpc) is 2.49. The summed E-state index contributed by atoms with van der Waals surface area (Å²) in [7, 11) is 0. The Morgan fingerprint density at radius 1 is 0.850 bits per heavy atom. The van der Waals surface area contributed by atoms with Crippen LogP contribution < -0.4 is 17.7 Å². The monoisotopic (exact) mass is 293 g/mol. The molecule has 0 amide bonds. The lowest BCUT2D eigenvalue weighted by Gasteiger charge is -2.21. The molecule has 0 aromatic heterocycles. The maximum absolute atomic E-state index is 10.5. The molecule has 0 unspecified atom stereocenters. The second-order valence-corrected chi connectivity index (χ2v) is 4.54. The van der Waals surface area contributed by atoms with Gasteiger partial charge in [0.05, 0.1) is 13.2 Å². The predicted molar refractivity (Wildman–Crippen MR) is 74.5 cm³/mol. The SMILES string of the molecule is OCC[NH2+][C@@H](c1ccccc1)[C@H](O)c1ccccc1.[Cl-]. The lowest BCUT2D eigenvalue weighted by atomic mass is 9.96. The summed E-state index contributed by atoms with van der Waals surface area (Å²) in [5.41, 5.74) is 1.96. The molecule has 0 bridgehead atoms. The van der Waals surface area contributed by atoms with Gasteiger partial charge in [-0.3, -0.25) is 0 Å². The van der Waals surface area contributed by atoms with Crippen molar-refractivity contribution in [3.05, 3.63) is 71.8 Å². The first-order valence-electron chi connectivity index (χ1n) is 6.55. The third-order valence-corrected chi connectivity index (χ3v) is 3.22. The summed E-state index contributed by atoms with van der Waals surface area (Å²) in [6, 6.07) is 19.4. The standard InChI is InChI=1S/C16H19NO2.ClH/c18-12-11-17-15(13-7-3-1-4-8-13)16(19)14-9-5-2-6-10-14;/h1-10,15-19H,11-12H2;1H/t15-,16+;/m0./s1. The highest BCUT2D eigenvalue weighted by molar-refractivity contribution is 5.24. The first kappa shape index (κ1) is 16.7. The van der Waals surface area contributed by atoms with Crippen LogP contribution in [-0.2, 0) is 0 Å². The van der Waals surface area contributed by atoms with E-state index in [9.17, 15) is 5.11 Å². The number of hydrogen-bond acceptors (Lipinski definition) is 2.